The highest BCUT2D eigenvalue weighted by molar-refractivity contribution is 7.88. The summed E-state index contributed by atoms with van der Waals surface area (Å²) in [6.45, 7) is 5.29. The van der Waals surface area contributed by atoms with Crippen molar-refractivity contribution in [1.29, 1.82) is 0 Å². The molecule has 3 rings (SSSR count). The van der Waals surface area contributed by atoms with Gasteiger partial charge in [-0.25, -0.2) is 8.42 Å². The van der Waals surface area contributed by atoms with Crippen LogP contribution in [-0.4, -0.2) is 39.0 Å². The summed E-state index contributed by atoms with van der Waals surface area (Å²) in [5, 5.41) is 3.41. The monoisotopic (exact) mass is 374 g/mol. The maximum atomic E-state index is 12.7. The van der Waals surface area contributed by atoms with E-state index in [9.17, 15) is 8.42 Å². The Morgan fingerprint density at radius 1 is 0.962 bits per heavy atom. The van der Waals surface area contributed by atoms with Crippen LogP contribution in [0.15, 0.2) is 48.5 Å². The zero-order valence-electron chi connectivity index (χ0n) is 15.1. The Bertz CT molecular complexity index is 813. The highest BCUT2D eigenvalue weighted by Crippen LogP contribution is 2.17. The van der Waals surface area contributed by atoms with Crippen molar-refractivity contribution in [3.63, 3.8) is 0 Å². The van der Waals surface area contributed by atoms with Crippen molar-refractivity contribution in [2.45, 2.75) is 25.8 Å². The zero-order chi connectivity index (χ0) is 18.4. The predicted molar refractivity (Wildman–Crippen MR) is 103 cm³/mol. The van der Waals surface area contributed by atoms with E-state index >= 15 is 0 Å². The van der Waals surface area contributed by atoms with Crippen molar-refractivity contribution in [3.8, 4) is 0 Å². The molecule has 1 N–H and O–H groups in total. The van der Waals surface area contributed by atoms with E-state index in [0.717, 1.165) is 17.7 Å². The largest absolute Gasteiger partial charge is 0.379 e. The number of morpholine rings is 1. The van der Waals surface area contributed by atoms with Crippen molar-refractivity contribution in [2.75, 3.05) is 26.3 Å². The first-order valence-electron chi connectivity index (χ1n) is 8.93. The van der Waals surface area contributed by atoms with Gasteiger partial charge >= 0.3 is 0 Å². The molecular weight excluding hydrogens is 348 g/mol. The molecule has 1 aliphatic rings. The van der Waals surface area contributed by atoms with Crippen LogP contribution in [0.4, 0.5) is 0 Å². The molecule has 0 spiro atoms. The normalized spacial score (nSPS) is 15.9. The van der Waals surface area contributed by atoms with Crippen molar-refractivity contribution < 1.29 is 13.2 Å². The molecule has 2 aromatic carbocycles. The van der Waals surface area contributed by atoms with Gasteiger partial charge in [0.1, 0.15) is 0 Å². The first-order chi connectivity index (χ1) is 12.5. The standard InChI is InChI=1S/C20H26N2O3S/c1-17-6-8-18(9-7-17)14-21-15-19-4-2-3-5-20(19)16-26(23,24)22-10-12-25-13-11-22/h2-9,21H,10-16H2,1H3. The summed E-state index contributed by atoms with van der Waals surface area (Å²) in [4.78, 5) is 0. The topological polar surface area (TPSA) is 58.6 Å². The third kappa shape index (κ3) is 5.14. The van der Waals surface area contributed by atoms with Gasteiger partial charge in [0.25, 0.3) is 0 Å². The zero-order valence-corrected chi connectivity index (χ0v) is 16.0. The van der Waals surface area contributed by atoms with Crippen LogP contribution in [0.3, 0.4) is 0 Å². The van der Waals surface area contributed by atoms with Crippen LogP contribution < -0.4 is 5.32 Å². The molecule has 6 heteroatoms. The first-order valence-corrected chi connectivity index (χ1v) is 10.5. The third-order valence-corrected chi connectivity index (χ3v) is 6.41. The lowest BCUT2D eigenvalue weighted by Crippen LogP contribution is -2.41. The number of hydrogen-bond acceptors (Lipinski definition) is 4. The molecule has 0 atom stereocenters. The SMILES string of the molecule is Cc1ccc(CNCc2ccccc2CS(=O)(=O)N2CCOCC2)cc1. The molecular formula is C20H26N2O3S. The lowest BCUT2D eigenvalue weighted by molar-refractivity contribution is 0.0729. The van der Waals surface area contributed by atoms with Gasteiger partial charge < -0.3 is 10.1 Å². The van der Waals surface area contributed by atoms with E-state index in [0.29, 0.717) is 32.8 Å². The Hall–Kier alpha value is -1.73. The number of nitrogens with one attached hydrogen (secondary N) is 1. The van der Waals surface area contributed by atoms with Gasteiger partial charge in [0.2, 0.25) is 10.0 Å². The number of rotatable bonds is 7. The van der Waals surface area contributed by atoms with E-state index in [2.05, 4.69) is 36.5 Å². The smallest absolute Gasteiger partial charge is 0.218 e. The number of sulfonamides is 1. The maximum Gasteiger partial charge on any atom is 0.218 e. The van der Waals surface area contributed by atoms with Crippen LogP contribution in [0.5, 0.6) is 0 Å². The average molecular weight is 375 g/mol. The number of benzene rings is 2. The summed E-state index contributed by atoms with van der Waals surface area (Å²) in [5.41, 5.74) is 4.34. The molecule has 1 aliphatic heterocycles. The quantitative estimate of drug-likeness (QED) is 0.809. The molecule has 5 nitrogen and oxygen atoms in total. The van der Waals surface area contributed by atoms with Gasteiger partial charge in [-0.3, -0.25) is 0 Å². The fraction of sp³-hybridized carbons (Fsp3) is 0.400. The molecule has 0 amide bonds. The molecule has 26 heavy (non-hydrogen) atoms. The minimum atomic E-state index is -3.32. The lowest BCUT2D eigenvalue weighted by Gasteiger charge is -2.26. The van der Waals surface area contributed by atoms with Crippen molar-refractivity contribution in [3.05, 3.63) is 70.8 Å². The van der Waals surface area contributed by atoms with Gasteiger partial charge in [-0.1, -0.05) is 54.1 Å². The minimum Gasteiger partial charge on any atom is -0.379 e. The fourth-order valence-electron chi connectivity index (χ4n) is 3.03. The molecule has 1 heterocycles. The van der Waals surface area contributed by atoms with E-state index in [1.165, 1.54) is 15.4 Å². The van der Waals surface area contributed by atoms with Crippen LogP contribution in [-0.2, 0) is 33.6 Å². The van der Waals surface area contributed by atoms with Gasteiger partial charge in [0.05, 0.1) is 19.0 Å². The Morgan fingerprint density at radius 3 is 2.31 bits per heavy atom. The number of aryl methyl sites for hydroxylation is 1. The highest BCUT2D eigenvalue weighted by atomic mass is 32.2. The molecule has 0 saturated carbocycles. The Morgan fingerprint density at radius 2 is 1.62 bits per heavy atom. The molecule has 0 aromatic heterocycles. The van der Waals surface area contributed by atoms with E-state index < -0.39 is 10.0 Å². The molecule has 140 valence electrons. The second kappa shape index (κ2) is 8.77. The summed E-state index contributed by atoms with van der Waals surface area (Å²) < 4.78 is 32.2. The molecule has 0 unspecified atom stereocenters. The van der Waals surface area contributed by atoms with Gasteiger partial charge in [0.15, 0.2) is 0 Å². The summed E-state index contributed by atoms with van der Waals surface area (Å²) in [5.74, 6) is 0.0371. The molecule has 0 aliphatic carbocycles. The minimum absolute atomic E-state index is 0.0371. The molecule has 1 saturated heterocycles. The number of ether oxygens (including phenoxy) is 1. The second-order valence-electron chi connectivity index (χ2n) is 6.63. The maximum absolute atomic E-state index is 12.7. The van der Waals surface area contributed by atoms with Gasteiger partial charge in [-0.2, -0.15) is 4.31 Å². The van der Waals surface area contributed by atoms with Crippen LogP contribution in [0.25, 0.3) is 0 Å². The van der Waals surface area contributed by atoms with Crippen LogP contribution >= 0.6 is 0 Å². The number of hydrogen-bond donors (Lipinski definition) is 1. The Balaban J connectivity index is 1.63. The Kier molecular flexibility index (Phi) is 6.43. The molecule has 2 aromatic rings. The molecule has 1 fully saturated rings. The van der Waals surface area contributed by atoms with Crippen molar-refractivity contribution in [2.24, 2.45) is 0 Å². The fourth-order valence-corrected chi connectivity index (χ4v) is 4.59. The van der Waals surface area contributed by atoms with Gasteiger partial charge in [0, 0.05) is 26.2 Å². The average Bonchev–Trinajstić information content (AvgIpc) is 2.65. The summed E-state index contributed by atoms with van der Waals surface area (Å²) in [6.07, 6.45) is 0. The van der Waals surface area contributed by atoms with Crippen LogP contribution in [0, 0.1) is 6.92 Å². The van der Waals surface area contributed by atoms with E-state index in [1.807, 2.05) is 24.3 Å². The molecule has 0 radical (unpaired) electrons. The van der Waals surface area contributed by atoms with E-state index in [-0.39, 0.29) is 5.75 Å². The lowest BCUT2D eigenvalue weighted by atomic mass is 10.1. The number of nitrogens with zero attached hydrogens (tertiary/aromatic N) is 1. The van der Waals surface area contributed by atoms with Crippen molar-refractivity contribution >= 4 is 10.0 Å². The summed E-state index contributed by atoms with van der Waals surface area (Å²) >= 11 is 0. The first kappa shape index (κ1) is 19.0. The van der Waals surface area contributed by atoms with Gasteiger partial charge in [-0.15, -0.1) is 0 Å². The van der Waals surface area contributed by atoms with Crippen molar-refractivity contribution in [1.82, 2.24) is 9.62 Å². The second-order valence-corrected chi connectivity index (χ2v) is 8.59. The highest BCUT2D eigenvalue weighted by Gasteiger charge is 2.25. The summed E-state index contributed by atoms with van der Waals surface area (Å²) in [7, 11) is -3.32. The van der Waals surface area contributed by atoms with Crippen LogP contribution in [0.1, 0.15) is 22.3 Å². The van der Waals surface area contributed by atoms with E-state index in [4.69, 9.17) is 4.74 Å². The predicted octanol–water partition coefficient (Wildman–Crippen LogP) is 2.45. The van der Waals surface area contributed by atoms with E-state index in [1.54, 1.807) is 0 Å². The Labute approximate surface area is 156 Å². The van der Waals surface area contributed by atoms with Crippen LogP contribution in [0.2, 0.25) is 0 Å². The third-order valence-electron chi connectivity index (χ3n) is 4.58. The summed E-state index contributed by atoms with van der Waals surface area (Å²) in [6, 6.07) is 16.2. The molecule has 0 bridgehead atoms. The van der Waals surface area contributed by atoms with Gasteiger partial charge in [-0.05, 0) is 23.6 Å².